The number of allylic oxidation sites excluding steroid dienone is 2. The second kappa shape index (κ2) is 7.40. The standard InChI is InChI=1S/C21H29O2P/c1-14-10-15(2)20(16(3)11-14)21(22)24(23)9-5-4-6-18-12-17-7-8-19(18)13-17/h7-8,10-11,17-19,24H,4-6,9,12-13H2,1-3H3/t17-,18?,19-/m0/s1. The van der Waals surface area contributed by atoms with Crippen LogP contribution in [0.25, 0.3) is 0 Å². The molecule has 4 atom stereocenters. The fourth-order valence-electron chi connectivity index (χ4n) is 4.71. The van der Waals surface area contributed by atoms with Gasteiger partial charge in [-0.1, -0.05) is 36.3 Å². The fourth-order valence-corrected chi connectivity index (χ4v) is 6.18. The van der Waals surface area contributed by atoms with E-state index in [1.54, 1.807) is 0 Å². The van der Waals surface area contributed by atoms with Crippen molar-refractivity contribution in [1.82, 2.24) is 0 Å². The number of unbranched alkanes of at least 4 members (excludes halogenated alkanes) is 1. The van der Waals surface area contributed by atoms with Crippen molar-refractivity contribution in [3.63, 3.8) is 0 Å². The largest absolute Gasteiger partial charge is 0.318 e. The zero-order valence-electron chi connectivity index (χ0n) is 15.1. The van der Waals surface area contributed by atoms with Gasteiger partial charge in [-0.2, -0.15) is 0 Å². The molecule has 2 unspecified atom stereocenters. The Hall–Kier alpha value is -1.14. The lowest BCUT2D eigenvalue weighted by Gasteiger charge is -2.17. The molecule has 2 nitrogen and oxygen atoms in total. The topological polar surface area (TPSA) is 34.1 Å². The number of rotatable bonds is 7. The van der Waals surface area contributed by atoms with Crippen molar-refractivity contribution in [1.29, 1.82) is 0 Å². The smallest absolute Gasteiger partial charge is 0.219 e. The molecular weight excluding hydrogens is 315 g/mol. The fraction of sp³-hybridized carbons (Fsp3) is 0.571. The quantitative estimate of drug-likeness (QED) is 0.361. The van der Waals surface area contributed by atoms with Crippen LogP contribution in [0.1, 0.15) is 59.2 Å². The number of fused-ring (bicyclic) bond motifs is 2. The summed E-state index contributed by atoms with van der Waals surface area (Å²) in [7, 11) is -2.18. The lowest BCUT2D eigenvalue weighted by Crippen LogP contribution is -2.07. The number of carbonyl (C=O) groups is 1. The molecule has 1 aromatic carbocycles. The minimum Gasteiger partial charge on any atom is -0.318 e. The Kier molecular flexibility index (Phi) is 5.45. The number of benzene rings is 1. The average Bonchev–Trinajstić information content (AvgIpc) is 3.12. The zero-order valence-corrected chi connectivity index (χ0v) is 16.1. The molecule has 0 heterocycles. The molecule has 0 saturated heterocycles. The molecule has 0 aromatic heterocycles. The average molecular weight is 344 g/mol. The van der Waals surface area contributed by atoms with Crippen molar-refractivity contribution in [3.05, 3.63) is 46.5 Å². The monoisotopic (exact) mass is 344 g/mol. The van der Waals surface area contributed by atoms with Gasteiger partial charge < -0.3 is 4.57 Å². The Labute approximate surface area is 146 Å². The Morgan fingerprint density at radius 2 is 1.79 bits per heavy atom. The van der Waals surface area contributed by atoms with E-state index in [-0.39, 0.29) is 5.52 Å². The van der Waals surface area contributed by atoms with Crippen LogP contribution in [0.4, 0.5) is 0 Å². The van der Waals surface area contributed by atoms with E-state index in [0.29, 0.717) is 11.7 Å². The summed E-state index contributed by atoms with van der Waals surface area (Å²) in [6.45, 7) is 5.93. The summed E-state index contributed by atoms with van der Waals surface area (Å²) in [5, 5.41) is 0. The number of carbonyl (C=O) groups excluding carboxylic acids is 1. The van der Waals surface area contributed by atoms with E-state index >= 15 is 0 Å². The van der Waals surface area contributed by atoms with E-state index in [0.717, 1.165) is 47.3 Å². The summed E-state index contributed by atoms with van der Waals surface area (Å²) in [6.07, 6.45) is 11.3. The first-order valence-corrected chi connectivity index (χ1v) is 10.9. The number of hydrogen-bond acceptors (Lipinski definition) is 2. The van der Waals surface area contributed by atoms with Crippen molar-refractivity contribution >= 4 is 13.3 Å². The summed E-state index contributed by atoms with van der Waals surface area (Å²) >= 11 is 0. The lowest BCUT2D eigenvalue weighted by molar-refractivity contribution is 0.107. The molecule has 0 radical (unpaired) electrons. The first-order valence-electron chi connectivity index (χ1n) is 9.29. The van der Waals surface area contributed by atoms with E-state index in [4.69, 9.17) is 0 Å². The molecule has 2 aliphatic carbocycles. The van der Waals surface area contributed by atoms with E-state index in [1.807, 2.05) is 32.9 Å². The van der Waals surface area contributed by atoms with E-state index in [9.17, 15) is 9.36 Å². The third-order valence-electron chi connectivity index (χ3n) is 5.80. The highest BCUT2D eigenvalue weighted by Crippen LogP contribution is 2.45. The molecule has 1 saturated carbocycles. The highest BCUT2D eigenvalue weighted by atomic mass is 31.1. The van der Waals surface area contributed by atoms with Gasteiger partial charge in [0, 0.05) is 11.7 Å². The van der Waals surface area contributed by atoms with Gasteiger partial charge in [0.1, 0.15) is 7.80 Å². The second-order valence-corrected chi connectivity index (χ2v) is 9.61. The second-order valence-electron chi connectivity index (χ2n) is 7.81. The van der Waals surface area contributed by atoms with Gasteiger partial charge in [-0.3, -0.25) is 4.79 Å². The molecule has 2 aliphatic rings. The zero-order chi connectivity index (χ0) is 17.3. The number of hydrogen-bond donors (Lipinski definition) is 0. The highest BCUT2D eigenvalue weighted by Gasteiger charge is 2.34. The van der Waals surface area contributed by atoms with Crippen molar-refractivity contribution in [3.8, 4) is 0 Å². The maximum Gasteiger partial charge on any atom is 0.219 e. The third kappa shape index (κ3) is 3.75. The lowest BCUT2D eigenvalue weighted by atomic mass is 9.89. The molecule has 0 N–H and O–H groups in total. The van der Waals surface area contributed by atoms with Crippen molar-refractivity contribution < 1.29 is 9.36 Å². The molecule has 3 rings (SSSR count). The third-order valence-corrected chi connectivity index (χ3v) is 7.37. The molecule has 0 aliphatic heterocycles. The predicted molar refractivity (Wildman–Crippen MR) is 102 cm³/mol. The maximum absolute atomic E-state index is 12.6. The molecule has 0 spiro atoms. The minimum atomic E-state index is -2.18. The van der Waals surface area contributed by atoms with E-state index in [2.05, 4.69) is 12.2 Å². The van der Waals surface area contributed by atoms with Crippen LogP contribution in [0.5, 0.6) is 0 Å². The Morgan fingerprint density at radius 3 is 2.38 bits per heavy atom. The first-order chi connectivity index (χ1) is 11.5. The maximum atomic E-state index is 12.6. The van der Waals surface area contributed by atoms with Crippen LogP contribution in [0.15, 0.2) is 24.3 Å². The normalized spacial score (nSPS) is 26.0. The summed E-state index contributed by atoms with van der Waals surface area (Å²) in [5.41, 5.74) is 3.66. The van der Waals surface area contributed by atoms with Crippen LogP contribution in [0.2, 0.25) is 0 Å². The van der Waals surface area contributed by atoms with Crippen LogP contribution < -0.4 is 0 Å². The molecular formula is C21H29O2P. The summed E-state index contributed by atoms with van der Waals surface area (Å²) < 4.78 is 12.5. The summed E-state index contributed by atoms with van der Waals surface area (Å²) in [4.78, 5) is 12.6. The van der Waals surface area contributed by atoms with Crippen LogP contribution in [0, 0.1) is 38.5 Å². The van der Waals surface area contributed by atoms with Gasteiger partial charge in [0.15, 0.2) is 0 Å². The summed E-state index contributed by atoms with van der Waals surface area (Å²) in [5.74, 6) is 2.46. The molecule has 1 aromatic rings. The highest BCUT2D eigenvalue weighted by molar-refractivity contribution is 7.64. The van der Waals surface area contributed by atoms with Gasteiger partial charge in [-0.25, -0.2) is 0 Å². The molecule has 0 amide bonds. The van der Waals surface area contributed by atoms with Gasteiger partial charge in [-0.05, 0) is 75.3 Å². The van der Waals surface area contributed by atoms with E-state index < -0.39 is 7.80 Å². The van der Waals surface area contributed by atoms with Gasteiger partial charge >= 0.3 is 0 Å². The van der Waals surface area contributed by atoms with Crippen LogP contribution >= 0.6 is 7.80 Å². The molecule has 2 bridgehead atoms. The number of aryl methyl sites for hydroxylation is 3. The SMILES string of the molecule is Cc1cc(C)c(C(=O)[PH](=O)CCCCC2C[C@@H]3C=C[C@H]2C3)c(C)c1. The molecule has 130 valence electrons. The Bertz CT molecular complexity index is 666. The van der Waals surface area contributed by atoms with Gasteiger partial charge in [-0.15, -0.1) is 0 Å². The first kappa shape index (κ1) is 17.7. The minimum absolute atomic E-state index is 0.113. The van der Waals surface area contributed by atoms with Crippen LogP contribution in [-0.2, 0) is 4.57 Å². The van der Waals surface area contributed by atoms with Crippen LogP contribution in [0.3, 0.4) is 0 Å². The Balaban J connectivity index is 1.48. The molecule has 24 heavy (non-hydrogen) atoms. The Morgan fingerprint density at radius 1 is 1.08 bits per heavy atom. The van der Waals surface area contributed by atoms with Crippen molar-refractivity contribution in [2.24, 2.45) is 17.8 Å². The van der Waals surface area contributed by atoms with Gasteiger partial charge in [0.25, 0.3) is 0 Å². The molecule has 1 fully saturated rings. The van der Waals surface area contributed by atoms with Crippen LogP contribution in [-0.4, -0.2) is 11.7 Å². The van der Waals surface area contributed by atoms with Gasteiger partial charge in [0.2, 0.25) is 5.52 Å². The van der Waals surface area contributed by atoms with Crippen molar-refractivity contribution in [2.75, 3.05) is 6.16 Å². The molecule has 3 heteroatoms. The van der Waals surface area contributed by atoms with E-state index in [1.165, 1.54) is 19.3 Å². The summed E-state index contributed by atoms with van der Waals surface area (Å²) in [6, 6.07) is 4.02. The van der Waals surface area contributed by atoms with Crippen molar-refractivity contribution in [2.45, 2.75) is 52.9 Å². The van der Waals surface area contributed by atoms with Gasteiger partial charge in [0.05, 0.1) is 0 Å². The predicted octanol–water partition coefficient (Wildman–Crippen LogP) is 5.69.